The summed E-state index contributed by atoms with van der Waals surface area (Å²) in [6.45, 7) is 0.396. The molecule has 0 aromatic heterocycles. The summed E-state index contributed by atoms with van der Waals surface area (Å²) in [5.41, 5.74) is 1.67. The van der Waals surface area contributed by atoms with Crippen molar-refractivity contribution in [1.29, 1.82) is 0 Å². The minimum absolute atomic E-state index is 0.164. The lowest BCUT2D eigenvalue weighted by molar-refractivity contribution is 0.415. The van der Waals surface area contributed by atoms with Gasteiger partial charge in [0.15, 0.2) is 0 Å². The highest BCUT2D eigenvalue weighted by molar-refractivity contribution is 6.59. The van der Waals surface area contributed by atoms with Crippen LogP contribution in [0.4, 0.5) is 10.1 Å². The van der Waals surface area contributed by atoms with Gasteiger partial charge in [-0.3, -0.25) is 0 Å². The maximum Gasteiger partial charge on any atom is 0.488 e. The second kappa shape index (κ2) is 6.60. The zero-order valence-corrected chi connectivity index (χ0v) is 12.0. The summed E-state index contributed by atoms with van der Waals surface area (Å²) >= 11 is 0. The van der Waals surface area contributed by atoms with E-state index in [9.17, 15) is 14.4 Å². The minimum atomic E-state index is -1.71. The van der Waals surface area contributed by atoms with Gasteiger partial charge >= 0.3 is 7.12 Å². The highest BCUT2D eigenvalue weighted by Gasteiger charge is 2.18. The van der Waals surface area contributed by atoms with Gasteiger partial charge in [0.25, 0.3) is 0 Å². The van der Waals surface area contributed by atoms with Gasteiger partial charge in [0.05, 0.1) is 12.8 Å². The smallest absolute Gasteiger partial charge is 0.488 e. The SMILES string of the molecule is COc1ccccc1N(C)Cc1ccc(F)cc1B(O)O. The minimum Gasteiger partial charge on any atom is -0.495 e. The van der Waals surface area contributed by atoms with Crippen molar-refractivity contribution in [2.45, 2.75) is 6.54 Å². The number of halogens is 1. The number of nitrogens with zero attached hydrogens (tertiary/aromatic N) is 1. The number of anilines is 1. The number of hydrogen-bond donors (Lipinski definition) is 2. The second-order valence-electron chi connectivity index (χ2n) is 4.74. The molecule has 0 heterocycles. The van der Waals surface area contributed by atoms with E-state index in [0.717, 1.165) is 11.8 Å². The Morgan fingerprint density at radius 2 is 1.90 bits per heavy atom. The molecule has 6 heteroatoms. The lowest BCUT2D eigenvalue weighted by Gasteiger charge is -2.23. The van der Waals surface area contributed by atoms with Crippen LogP contribution >= 0.6 is 0 Å². The van der Waals surface area contributed by atoms with Crippen LogP contribution in [0.2, 0.25) is 0 Å². The third kappa shape index (κ3) is 3.54. The number of methoxy groups -OCH3 is 1. The molecule has 110 valence electrons. The quantitative estimate of drug-likeness (QED) is 0.811. The van der Waals surface area contributed by atoms with Gasteiger partial charge in [0, 0.05) is 13.6 Å². The Balaban J connectivity index is 2.29. The molecule has 2 rings (SSSR count). The van der Waals surface area contributed by atoms with Crippen LogP contribution in [0.1, 0.15) is 5.56 Å². The molecule has 2 aromatic rings. The summed E-state index contributed by atoms with van der Waals surface area (Å²) in [4.78, 5) is 1.90. The Morgan fingerprint density at radius 3 is 2.57 bits per heavy atom. The summed E-state index contributed by atoms with van der Waals surface area (Å²) in [5, 5.41) is 18.7. The third-order valence-corrected chi connectivity index (χ3v) is 3.29. The number of ether oxygens (including phenoxy) is 1. The largest absolute Gasteiger partial charge is 0.495 e. The fourth-order valence-corrected chi connectivity index (χ4v) is 2.24. The lowest BCUT2D eigenvalue weighted by atomic mass is 9.77. The summed E-state index contributed by atoms with van der Waals surface area (Å²) in [7, 11) is 1.74. The van der Waals surface area contributed by atoms with Gasteiger partial charge in [0.1, 0.15) is 11.6 Å². The second-order valence-corrected chi connectivity index (χ2v) is 4.74. The average Bonchev–Trinajstić information content (AvgIpc) is 2.48. The normalized spacial score (nSPS) is 10.3. The average molecular weight is 289 g/mol. The van der Waals surface area contributed by atoms with E-state index in [2.05, 4.69) is 0 Å². The first kappa shape index (κ1) is 15.3. The Hall–Kier alpha value is -2.05. The van der Waals surface area contributed by atoms with Crippen LogP contribution < -0.4 is 15.1 Å². The topological polar surface area (TPSA) is 52.9 Å². The van der Waals surface area contributed by atoms with Crippen LogP contribution in [0.15, 0.2) is 42.5 Å². The summed E-state index contributed by atoms with van der Waals surface area (Å²) in [6.07, 6.45) is 0. The van der Waals surface area contributed by atoms with Crippen molar-refractivity contribution in [3.63, 3.8) is 0 Å². The Morgan fingerprint density at radius 1 is 1.19 bits per heavy atom. The molecule has 2 N–H and O–H groups in total. The summed E-state index contributed by atoms with van der Waals surface area (Å²) in [5.74, 6) is 0.218. The van der Waals surface area contributed by atoms with E-state index in [1.165, 1.54) is 6.07 Å². The van der Waals surface area contributed by atoms with Crippen molar-refractivity contribution in [3.8, 4) is 5.75 Å². The standard InChI is InChI=1S/C15H17BFNO3/c1-18(14-5-3-4-6-15(14)21-2)10-11-7-8-12(17)9-13(11)16(19)20/h3-9,19-20H,10H2,1-2H3. The van der Waals surface area contributed by atoms with E-state index in [0.29, 0.717) is 17.9 Å². The number of benzene rings is 2. The molecule has 2 aromatic carbocycles. The van der Waals surface area contributed by atoms with Crippen molar-refractivity contribution in [1.82, 2.24) is 0 Å². The van der Waals surface area contributed by atoms with Gasteiger partial charge in [0.2, 0.25) is 0 Å². The molecule has 0 aliphatic carbocycles. The van der Waals surface area contributed by atoms with Crippen LogP contribution in [0.3, 0.4) is 0 Å². The Kier molecular flexibility index (Phi) is 4.83. The number of hydrogen-bond acceptors (Lipinski definition) is 4. The van der Waals surface area contributed by atoms with E-state index in [-0.39, 0.29) is 5.46 Å². The highest BCUT2D eigenvalue weighted by atomic mass is 19.1. The summed E-state index contributed by atoms with van der Waals surface area (Å²) < 4.78 is 18.5. The molecule has 0 radical (unpaired) electrons. The third-order valence-electron chi connectivity index (χ3n) is 3.29. The molecular formula is C15H17BFNO3. The predicted molar refractivity (Wildman–Crippen MR) is 81.3 cm³/mol. The molecule has 21 heavy (non-hydrogen) atoms. The fourth-order valence-electron chi connectivity index (χ4n) is 2.24. The van der Waals surface area contributed by atoms with Gasteiger partial charge < -0.3 is 19.7 Å². The van der Waals surface area contributed by atoms with Crippen LogP contribution in [-0.2, 0) is 6.54 Å². The molecule has 0 atom stereocenters. The lowest BCUT2D eigenvalue weighted by Crippen LogP contribution is -2.35. The molecule has 4 nitrogen and oxygen atoms in total. The Bertz CT molecular complexity index is 622. The van der Waals surface area contributed by atoms with Gasteiger partial charge in [-0.25, -0.2) is 4.39 Å². The van der Waals surface area contributed by atoms with Crippen molar-refractivity contribution in [3.05, 3.63) is 53.8 Å². The fraction of sp³-hybridized carbons (Fsp3) is 0.200. The molecule has 0 spiro atoms. The van der Waals surface area contributed by atoms with Gasteiger partial charge in [-0.2, -0.15) is 0 Å². The van der Waals surface area contributed by atoms with Gasteiger partial charge in [-0.1, -0.05) is 18.2 Å². The Labute approximate surface area is 123 Å². The molecule has 0 bridgehead atoms. The highest BCUT2D eigenvalue weighted by Crippen LogP contribution is 2.27. The molecule has 0 saturated carbocycles. The van der Waals surface area contributed by atoms with Crippen molar-refractivity contribution < 1.29 is 19.2 Å². The molecule has 0 fully saturated rings. The van der Waals surface area contributed by atoms with Crippen LogP contribution in [0.5, 0.6) is 5.75 Å². The molecule has 0 saturated heterocycles. The maximum atomic E-state index is 13.2. The first-order valence-electron chi connectivity index (χ1n) is 6.51. The van der Waals surface area contributed by atoms with Crippen LogP contribution in [0, 0.1) is 5.82 Å². The maximum absolute atomic E-state index is 13.2. The predicted octanol–water partition coefficient (Wildman–Crippen LogP) is 1.15. The van der Waals surface area contributed by atoms with Crippen molar-refractivity contribution >= 4 is 18.3 Å². The first-order valence-corrected chi connectivity index (χ1v) is 6.51. The van der Waals surface area contributed by atoms with E-state index < -0.39 is 12.9 Å². The first-order chi connectivity index (χ1) is 10.0. The van der Waals surface area contributed by atoms with E-state index >= 15 is 0 Å². The number of para-hydroxylation sites is 2. The molecule has 0 aliphatic rings. The molecular weight excluding hydrogens is 272 g/mol. The van der Waals surface area contributed by atoms with Crippen LogP contribution in [-0.4, -0.2) is 31.3 Å². The van der Waals surface area contributed by atoms with Crippen LogP contribution in [0.25, 0.3) is 0 Å². The van der Waals surface area contributed by atoms with E-state index in [1.54, 1.807) is 13.2 Å². The zero-order chi connectivity index (χ0) is 15.4. The van der Waals surface area contributed by atoms with E-state index in [1.807, 2.05) is 36.2 Å². The zero-order valence-electron chi connectivity index (χ0n) is 12.0. The number of rotatable bonds is 5. The van der Waals surface area contributed by atoms with Crippen molar-refractivity contribution in [2.24, 2.45) is 0 Å². The molecule has 0 unspecified atom stereocenters. The van der Waals surface area contributed by atoms with E-state index in [4.69, 9.17) is 4.74 Å². The monoisotopic (exact) mass is 289 g/mol. The van der Waals surface area contributed by atoms with Gasteiger partial charge in [-0.15, -0.1) is 0 Å². The molecule has 0 aliphatic heterocycles. The van der Waals surface area contributed by atoms with Gasteiger partial charge in [-0.05, 0) is 35.3 Å². The molecule has 0 amide bonds. The summed E-state index contributed by atoms with van der Waals surface area (Å²) in [6, 6.07) is 11.5. The van der Waals surface area contributed by atoms with Crippen molar-refractivity contribution in [2.75, 3.05) is 19.1 Å².